The topological polar surface area (TPSA) is 18.5 Å². The Morgan fingerprint density at radius 2 is 0.750 bits per heavy atom. The van der Waals surface area contributed by atoms with Gasteiger partial charge in [-0.05, 0) is 57.7 Å². The van der Waals surface area contributed by atoms with Gasteiger partial charge in [-0.2, -0.15) is 0 Å². The minimum absolute atomic E-state index is 0.840. The molecule has 0 aliphatic carbocycles. The van der Waals surface area contributed by atoms with Crippen LogP contribution in [0.2, 0.25) is 0 Å². The fraction of sp³-hybridized carbons (Fsp3) is 0.0667. The van der Waals surface area contributed by atoms with Crippen LogP contribution in [0.15, 0.2) is 121 Å². The average Bonchev–Trinajstić information content (AvgIpc) is 2.88. The van der Waals surface area contributed by atoms with Crippen LogP contribution in [-0.4, -0.2) is 14.2 Å². The first-order chi connectivity index (χ1) is 15.8. The first-order valence-corrected chi connectivity index (χ1v) is 10.6. The van der Waals surface area contributed by atoms with Crippen LogP contribution in [0.4, 0.5) is 0 Å². The van der Waals surface area contributed by atoms with Gasteiger partial charge in [0.1, 0.15) is 11.5 Å². The molecule has 0 heterocycles. The Labute approximate surface area is 190 Å². The molecule has 2 nitrogen and oxygen atoms in total. The molecule has 2 heteroatoms. The summed E-state index contributed by atoms with van der Waals surface area (Å²) in [4.78, 5) is 0. The number of benzene rings is 4. The van der Waals surface area contributed by atoms with Crippen molar-refractivity contribution in [1.82, 2.24) is 0 Å². The summed E-state index contributed by atoms with van der Waals surface area (Å²) in [6.45, 7) is 0. The van der Waals surface area contributed by atoms with Gasteiger partial charge in [0.05, 0.1) is 14.2 Å². The Balaban J connectivity index is 1.85. The summed E-state index contributed by atoms with van der Waals surface area (Å²) < 4.78 is 10.7. The molecule has 0 N–H and O–H groups in total. The molecular formula is C30H26O2. The third kappa shape index (κ3) is 4.98. The summed E-state index contributed by atoms with van der Waals surface area (Å²) in [6, 6.07) is 37.3. The van der Waals surface area contributed by atoms with Gasteiger partial charge in [0.15, 0.2) is 0 Å². The SMILES string of the molecule is COc1ccc(C(=CC=C(c2ccccc2)c2ccccc2)c2ccc(OC)cc2)cc1. The number of allylic oxidation sites excluding steroid dienone is 2. The number of methoxy groups -OCH3 is 2. The van der Waals surface area contributed by atoms with E-state index in [1.165, 1.54) is 16.7 Å². The van der Waals surface area contributed by atoms with E-state index in [1.807, 2.05) is 36.4 Å². The molecule has 0 aromatic heterocycles. The van der Waals surface area contributed by atoms with Crippen molar-refractivity contribution in [2.45, 2.75) is 0 Å². The summed E-state index contributed by atoms with van der Waals surface area (Å²) >= 11 is 0. The highest BCUT2D eigenvalue weighted by molar-refractivity contribution is 5.86. The van der Waals surface area contributed by atoms with Gasteiger partial charge in [-0.25, -0.2) is 0 Å². The maximum atomic E-state index is 5.35. The van der Waals surface area contributed by atoms with Gasteiger partial charge in [-0.3, -0.25) is 0 Å². The van der Waals surface area contributed by atoms with Crippen molar-refractivity contribution in [2.75, 3.05) is 14.2 Å². The molecule has 0 bridgehead atoms. The van der Waals surface area contributed by atoms with E-state index in [-0.39, 0.29) is 0 Å². The summed E-state index contributed by atoms with van der Waals surface area (Å²) in [7, 11) is 3.37. The minimum Gasteiger partial charge on any atom is -0.497 e. The molecule has 0 saturated heterocycles. The van der Waals surface area contributed by atoms with E-state index in [0.29, 0.717) is 0 Å². The van der Waals surface area contributed by atoms with Crippen LogP contribution in [-0.2, 0) is 0 Å². The van der Waals surface area contributed by atoms with E-state index in [9.17, 15) is 0 Å². The lowest BCUT2D eigenvalue weighted by Gasteiger charge is -2.12. The van der Waals surface area contributed by atoms with Crippen LogP contribution < -0.4 is 9.47 Å². The van der Waals surface area contributed by atoms with Crippen LogP contribution >= 0.6 is 0 Å². The Hall–Kier alpha value is -4.04. The van der Waals surface area contributed by atoms with E-state index < -0.39 is 0 Å². The smallest absolute Gasteiger partial charge is 0.118 e. The molecule has 0 spiro atoms. The Kier molecular flexibility index (Phi) is 6.84. The highest BCUT2D eigenvalue weighted by atomic mass is 16.5. The third-order valence-corrected chi connectivity index (χ3v) is 5.39. The van der Waals surface area contributed by atoms with Crippen LogP contribution in [0.3, 0.4) is 0 Å². The summed E-state index contributed by atoms with van der Waals surface area (Å²) in [6.07, 6.45) is 4.40. The van der Waals surface area contributed by atoms with E-state index in [4.69, 9.17) is 9.47 Å². The van der Waals surface area contributed by atoms with Crippen molar-refractivity contribution < 1.29 is 9.47 Å². The Morgan fingerprint density at radius 3 is 1.06 bits per heavy atom. The predicted molar refractivity (Wildman–Crippen MR) is 133 cm³/mol. The van der Waals surface area contributed by atoms with Crippen molar-refractivity contribution in [3.8, 4) is 11.5 Å². The molecule has 0 saturated carbocycles. The maximum absolute atomic E-state index is 5.35. The molecule has 4 aromatic rings. The van der Waals surface area contributed by atoms with Gasteiger partial charge < -0.3 is 9.47 Å². The lowest BCUT2D eigenvalue weighted by Crippen LogP contribution is -1.91. The van der Waals surface area contributed by atoms with Crippen LogP contribution in [0, 0.1) is 0 Å². The molecule has 0 fully saturated rings. The highest BCUT2D eigenvalue weighted by Crippen LogP contribution is 2.29. The minimum atomic E-state index is 0.840. The number of hydrogen-bond acceptors (Lipinski definition) is 2. The average molecular weight is 419 g/mol. The monoisotopic (exact) mass is 418 g/mol. The van der Waals surface area contributed by atoms with Crippen molar-refractivity contribution >= 4 is 11.1 Å². The van der Waals surface area contributed by atoms with Crippen molar-refractivity contribution in [2.24, 2.45) is 0 Å². The van der Waals surface area contributed by atoms with Crippen LogP contribution in [0.25, 0.3) is 11.1 Å². The molecule has 158 valence electrons. The summed E-state index contributed by atoms with van der Waals surface area (Å²) in [5.74, 6) is 1.68. The van der Waals surface area contributed by atoms with Crippen LogP contribution in [0.5, 0.6) is 11.5 Å². The second-order valence-electron chi connectivity index (χ2n) is 7.35. The quantitative estimate of drug-likeness (QED) is 0.294. The molecular weight excluding hydrogens is 392 g/mol. The molecule has 4 aromatic carbocycles. The molecule has 32 heavy (non-hydrogen) atoms. The fourth-order valence-electron chi connectivity index (χ4n) is 3.66. The normalized spacial score (nSPS) is 10.2. The van der Waals surface area contributed by atoms with E-state index in [0.717, 1.165) is 28.2 Å². The first-order valence-electron chi connectivity index (χ1n) is 10.6. The molecule has 0 aliphatic rings. The van der Waals surface area contributed by atoms with Gasteiger partial charge in [0, 0.05) is 0 Å². The van der Waals surface area contributed by atoms with Gasteiger partial charge in [-0.1, -0.05) is 97.1 Å². The third-order valence-electron chi connectivity index (χ3n) is 5.39. The van der Waals surface area contributed by atoms with E-state index in [1.54, 1.807) is 14.2 Å². The molecule has 0 unspecified atom stereocenters. The molecule has 4 rings (SSSR count). The van der Waals surface area contributed by atoms with Crippen molar-refractivity contribution in [1.29, 1.82) is 0 Å². The number of ether oxygens (including phenoxy) is 2. The Bertz CT molecular complexity index is 1100. The van der Waals surface area contributed by atoms with Crippen molar-refractivity contribution in [3.63, 3.8) is 0 Å². The van der Waals surface area contributed by atoms with Gasteiger partial charge in [0.25, 0.3) is 0 Å². The zero-order chi connectivity index (χ0) is 22.2. The highest BCUT2D eigenvalue weighted by Gasteiger charge is 2.08. The molecule has 0 atom stereocenters. The largest absolute Gasteiger partial charge is 0.497 e. The Morgan fingerprint density at radius 1 is 0.438 bits per heavy atom. The zero-order valence-electron chi connectivity index (χ0n) is 18.4. The number of hydrogen-bond donors (Lipinski definition) is 0. The van der Waals surface area contributed by atoms with Crippen molar-refractivity contribution in [3.05, 3.63) is 144 Å². The number of rotatable bonds is 7. The van der Waals surface area contributed by atoms with Crippen LogP contribution in [0.1, 0.15) is 22.3 Å². The first kappa shape index (κ1) is 21.2. The van der Waals surface area contributed by atoms with Gasteiger partial charge >= 0.3 is 0 Å². The molecule has 0 radical (unpaired) electrons. The predicted octanol–water partition coefficient (Wildman–Crippen LogP) is 7.27. The fourth-order valence-corrected chi connectivity index (χ4v) is 3.66. The second-order valence-corrected chi connectivity index (χ2v) is 7.35. The van der Waals surface area contributed by atoms with Gasteiger partial charge in [0.2, 0.25) is 0 Å². The van der Waals surface area contributed by atoms with E-state index in [2.05, 4.69) is 84.9 Å². The maximum Gasteiger partial charge on any atom is 0.118 e. The standard InChI is InChI=1S/C30H26O2/c1-31-27-17-13-25(14-18-27)30(26-15-19-28(32-2)20-16-26)22-21-29(23-9-5-3-6-10-23)24-11-7-4-8-12-24/h3-22H,1-2H3. The van der Waals surface area contributed by atoms with E-state index >= 15 is 0 Å². The lowest BCUT2D eigenvalue weighted by atomic mass is 9.94. The molecule has 0 aliphatic heterocycles. The lowest BCUT2D eigenvalue weighted by molar-refractivity contribution is 0.414. The van der Waals surface area contributed by atoms with Gasteiger partial charge in [-0.15, -0.1) is 0 Å². The summed E-state index contributed by atoms with van der Waals surface area (Å²) in [5, 5.41) is 0. The zero-order valence-corrected chi connectivity index (χ0v) is 18.4. The summed E-state index contributed by atoms with van der Waals surface area (Å²) in [5.41, 5.74) is 6.89. The molecule has 0 amide bonds. The second kappa shape index (κ2) is 10.3.